The topological polar surface area (TPSA) is 64.9 Å². The monoisotopic (exact) mass is 419 g/mol. The maximum atomic E-state index is 12.6. The summed E-state index contributed by atoms with van der Waals surface area (Å²) in [6, 6.07) is 9.85. The quantitative estimate of drug-likeness (QED) is 0.682. The summed E-state index contributed by atoms with van der Waals surface area (Å²) in [5.41, 5.74) is 1.70. The molecule has 2 aromatic heterocycles. The van der Waals surface area contributed by atoms with Crippen molar-refractivity contribution >= 4 is 11.6 Å². The number of pyridine rings is 1. The Balaban J connectivity index is 1.64. The lowest BCUT2D eigenvalue weighted by Gasteiger charge is -2.22. The van der Waals surface area contributed by atoms with Gasteiger partial charge < -0.3 is 19.2 Å². The molecule has 1 aliphatic rings. The van der Waals surface area contributed by atoms with Gasteiger partial charge in [0, 0.05) is 30.1 Å². The van der Waals surface area contributed by atoms with Crippen LogP contribution in [-0.4, -0.2) is 47.3 Å². The third-order valence-electron chi connectivity index (χ3n) is 4.78. The van der Waals surface area contributed by atoms with Crippen LogP contribution < -0.4 is 10.1 Å². The highest BCUT2D eigenvalue weighted by Crippen LogP contribution is 2.33. The fourth-order valence-corrected chi connectivity index (χ4v) is 3.42. The molecule has 0 saturated carbocycles. The van der Waals surface area contributed by atoms with E-state index in [9.17, 15) is 18.0 Å². The smallest absolute Gasteiger partial charge is 0.422 e. The number of aromatic nitrogens is 2. The van der Waals surface area contributed by atoms with Crippen molar-refractivity contribution in [1.82, 2.24) is 14.7 Å². The van der Waals surface area contributed by atoms with Gasteiger partial charge in [-0.2, -0.15) is 13.2 Å². The third-order valence-corrected chi connectivity index (χ3v) is 4.78. The van der Waals surface area contributed by atoms with Crippen LogP contribution in [0, 0.1) is 0 Å². The molecule has 3 aromatic rings. The highest BCUT2D eigenvalue weighted by molar-refractivity contribution is 5.94. The first-order valence-electron chi connectivity index (χ1n) is 9.56. The molecule has 0 unspecified atom stereocenters. The van der Waals surface area contributed by atoms with Gasteiger partial charge >= 0.3 is 6.18 Å². The SMILES string of the molecule is O=C(N[C@@H]1CCCOC1)c1cn2cccc(-c3ccccc3OCC(F)(F)F)c2n1. The van der Waals surface area contributed by atoms with E-state index in [4.69, 9.17) is 9.47 Å². The lowest BCUT2D eigenvalue weighted by atomic mass is 10.1. The number of hydrogen-bond donors (Lipinski definition) is 1. The number of carbonyl (C=O) groups excluding carboxylic acids is 1. The van der Waals surface area contributed by atoms with E-state index in [1.165, 1.54) is 6.07 Å². The molecular formula is C21H20F3N3O3. The summed E-state index contributed by atoms with van der Waals surface area (Å²) in [5.74, 6) is -0.224. The van der Waals surface area contributed by atoms with Gasteiger partial charge in [-0.15, -0.1) is 0 Å². The molecule has 1 aromatic carbocycles. The average Bonchev–Trinajstić information content (AvgIpc) is 3.17. The number of rotatable bonds is 5. The number of nitrogens with zero attached hydrogens (tertiary/aromatic N) is 2. The molecular weight excluding hydrogens is 399 g/mol. The number of fused-ring (bicyclic) bond motifs is 1. The van der Waals surface area contributed by atoms with Crippen LogP contribution in [0.2, 0.25) is 0 Å². The van der Waals surface area contributed by atoms with Gasteiger partial charge in [-0.3, -0.25) is 4.79 Å². The number of alkyl halides is 3. The van der Waals surface area contributed by atoms with Crippen molar-refractivity contribution in [2.24, 2.45) is 0 Å². The maximum absolute atomic E-state index is 12.6. The lowest BCUT2D eigenvalue weighted by Crippen LogP contribution is -2.40. The molecule has 6 nitrogen and oxygen atoms in total. The highest BCUT2D eigenvalue weighted by atomic mass is 19.4. The molecule has 0 spiro atoms. The standard InChI is InChI=1S/C21H20F3N3O3/c22-21(23,24)13-30-18-8-2-1-6-15(18)16-7-3-9-27-11-17(26-19(16)27)20(28)25-14-5-4-10-29-12-14/h1-3,6-9,11,14H,4-5,10,12-13H2,(H,25,28)/t14-/m1/s1. The molecule has 1 fully saturated rings. The summed E-state index contributed by atoms with van der Waals surface area (Å²) in [5, 5.41) is 2.91. The summed E-state index contributed by atoms with van der Waals surface area (Å²) < 4.78 is 49.9. The van der Waals surface area contributed by atoms with Crippen LogP contribution in [0.15, 0.2) is 48.8 Å². The van der Waals surface area contributed by atoms with Crippen LogP contribution in [-0.2, 0) is 4.74 Å². The zero-order valence-electron chi connectivity index (χ0n) is 16.0. The van der Waals surface area contributed by atoms with E-state index < -0.39 is 12.8 Å². The van der Waals surface area contributed by atoms with Crippen molar-refractivity contribution in [2.45, 2.75) is 25.1 Å². The van der Waals surface area contributed by atoms with Gasteiger partial charge in [0.1, 0.15) is 17.1 Å². The number of ether oxygens (including phenoxy) is 2. The molecule has 0 bridgehead atoms. The second-order valence-electron chi connectivity index (χ2n) is 7.07. The molecule has 158 valence electrons. The summed E-state index contributed by atoms with van der Waals surface area (Å²) in [6.45, 7) is -0.229. The van der Waals surface area contributed by atoms with Crippen LogP contribution in [0.3, 0.4) is 0 Å². The van der Waals surface area contributed by atoms with Gasteiger partial charge in [0.15, 0.2) is 6.61 Å². The largest absolute Gasteiger partial charge is 0.483 e. The Morgan fingerprint density at radius 1 is 1.23 bits per heavy atom. The zero-order valence-corrected chi connectivity index (χ0v) is 16.0. The molecule has 4 rings (SSSR count). The lowest BCUT2D eigenvalue weighted by molar-refractivity contribution is -0.153. The van der Waals surface area contributed by atoms with Crippen molar-refractivity contribution < 1.29 is 27.4 Å². The van der Waals surface area contributed by atoms with Gasteiger partial charge in [0.2, 0.25) is 0 Å². The molecule has 1 aliphatic heterocycles. The van der Waals surface area contributed by atoms with E-state index in [1.54, 1.807) is 47.1 Å². The van der Waals surface area contributed by atoms with E-state index >= 15 is 0 Å². The predicted octanol–water partition coefficient (Wildman–Crippen LogP) is 3.85. The van der Waals surface area contributed by atoms with Gasteiger partial charge in [0.25, 0.3) is 5.91 Å². The number of imidazole rings is 1. The van der Waals surface area contributed by atoms with Gasteiger partial charge in [-0.05, 0) is 31.0 Å². The number of carbonyl (C=O) groups is 1. The summed E-state index contributed by atoms with van der Waals surface area (Å²) in [6.07, 6.45) is 0.603. The minimum atomic E-state index is -4.44. The van der Waals surface area contributed by atoms with Crippen LogP contribution in [0.5, 0.6) is 5.75 Å². The van der Waals surface area contributed by atoms with Crippen molar-refractivity contribution in [1.29, 1.82) is 0 Å². The fraction of sp³-hybridized carbons (Fsp3) is 0.333. The summed E-state index contributed by atoms with van der Waals surface area (Å²) in [4.78, 5) is 17.1. The molecule has 30 heavy (non-hydrogen) atoms. The van der Waals surface area contributed by atoms with Crippen LogP contribution >= 0.6 is 0 Å². The van der Waals surface area contributed by atoms with Crippen LogP contribution in [0.1, 0.15) is 23.3 Å². The Morgan fingerprint density at radius 2 is 2.03 bits per heavy atom. The number of benzene rings is 1. The Bertz CT molecular complexity index is 1040. The number of para-hydroxylation sites is 1. The molecule has 1 amide bonds. The first kappa shape index (κ1) is 20.2. The first-order valence-corrected chi connectivity index (χ1v) is 9.56. The van der Waals surface area contributed by atoms with E-state index in [-0.39, 0.29) is 23.4 Å². The molecule has 1 N–H and O–H groups in total. The van der Waals surface area contributed by atoms with Crippen molar-refractivity contribution in [3.8, 4) is 16.9 Å². The summed E-state index contributed by atoms with van der Waals surface area (Å²) in [7, 11) is 0. The van der Waals surface area contributed by atoms with E-state index in [0.717, 1.165) is 12.8 Å². The fourth-order valence-electron chi connectivity index (χ4n) is 3.42. The van der Waals surface area contributed by atoms with E-state index in [1.807, 2.05) is 0 Å². The third kappa shape index (κ3) is 4.56. The maximum Gasteiger partial charge on any atom is 0.422 e. The van der Waals surface area contributed by atoms with Crippen molar-refractivity contribution in [2.75, 3.05) is 19.8 Å². The Labute approximate surface area is 170 Å². The number of halogens is 3. The molecule has 0 radical (unpaired) electrons. The normalized spacial score (nSPS) is 17.1. The van der Waals surface area contributed by atoms with Crippen LogP contribution in [0.4, 0.5) is 13.2 Å². The second kappa shape index (κ2) is 8.35. The first-order chi connectivity index (χ1) is 14.4. The average molecular weight is 419 g/mol. The molecule has 3 heterocycles. The Kier molecular flexibility index (Phi) is 5.63. The molecule has 1 atom stereocenters. The van der Waals surface area contributed by atoms with Gasteiger partial charge in [-0.25, -0.2) is 4.98 Å². The van der Waals surface area contributed by atoms with Crippen LogP contribution in [0.25, 0.3) is 16.8 Å². The van der Waals surface area contributed by atoms with E-state index in [0.29, 0.717) is 30.0 Å². The highest BCUT2D eigenvalue weighted by Gasteiger charge is 2.29. The Morgan fingerprint density at radius 3 is 2.80 bits per heavy atom. The minimum absolute atomic E-state index is 0.0629. The number of amides is 1. The Hall–Kier alpha value is -3.07. The number of nitrogens with one attached hydrogen (secondary N) is 1. The predicted molar refractivity (Wildman–Crippen MR) is 103 cm³/mol. The van der Waals surface area contributed by atoms with Gasteiger partial charge in [0.05, 0.1) is 12.6 Å². The van der Waals surface area contributed by atoms with Crippen molar-refractivity contribution in [3.63, 3.8) is 0 Å². The molecule has 1 saturated heterocycles. The van der Waals surface area contributed by atoms with Crippen molar-refractivity contribution in [3.05, 3.63) is 54.5 Å². The molecule has 9 heteroatoms. The summed E-state index contributed by atoms with van der Waals surface area (Å²) >= 11 is 0. The van der Waals surface area contributed by atoms with E-state index in [2.05, 4.69) is 10.3 Å². The number of hydrogen-bond acceptors (Lipinski definition) is 4. The molecule has 0 aliphatic carbocycles. The minimum Gasteiger partial charge on any atom is -0.483 e. The zero-order chi connectivity index (χ0) is 21.1. The van der Waals surface area contributed by atoms with Gasteiger partial charge in [-0.1, -0.05) is 18.2 Å². The second-order valence-corrected chi connectivity index (χ2v) is 7.07.